The zero-order valence-electron chi connectivity index (χ0n) is 20.7. The Morgan fingerprint density at radius 1 is 1.03 bits per heavy atom. The summed E-state index contributed by atoms with van der Waals surface area (Å²) in [6.45, 7) is 1.62. The second-order valence-corrected chi connectivity index (χ2v) is 10.9. The molecule has 1 aliphatic heterocycles. The van der Waals surface area contributed by atoms with Crippen LogP contribution in [0.25, 0.3) is 10.8 Å². The summed E-state index contributed by atoms with van der Waals surface area (Å²) >= 11 is 0. The van der Waals surface area contributed by atoms with Crippen LogP contribution in [-0.2, 0) is 14.8 Å². The van der Waals surface area contributed by atoms with Crippen LogP contribution in [0, 0.1) is 0 Å². The summed E-state index contributed by atoms with van der Waals surface area (Å²) < 4.78 is 30.0. The molecule has 1 fully saturated rings. The van der Waals surface area contributed by atoms with E-state index in [4.69, 9.17) is 11.5 Å². The number of guanidine groups is 1. The molecule has 2 aromatic rings. The minimum atomic E-state index is -3.98. The van der Waals surface area contributed by atoms with Crippen molar-refractivity contribution in [2.24, 2.45) is 16.5 Å². The van der Waals surface area contributed by atoms with E-state index in [0.29, 0.717) is 37.9 Å². The molecule has 0 aliphatic carbocycles. The summed E-state index contributed by atoms with van der Waals surface area (Å²) in [5, 5.41) is 1.45. The fourth-order valence-electron chi connectivity index (χ4n) is 4.56. The molecule has 35 heavy (non-hydrogen) atoms. The van der Waals surface area contributed by atoms with E-state index in [-0.39, 0.29) is 16.8 Å². The van der Waals surface area contributed by atoms with Gasteiger partial charge >= 0.3 is 0 Å². The van der Waals surface area contributed by atoms with E-state index in [9.17, 15) is 13.2 Å². The van der Waals surface area contributed by atoms with E-state index in [0.717, 1.165) is 36.8 Å². The zero-order chi connectivity index (χ0) is 25.4. The first-order valence-corrected chi connectivity index (χ1v) is 13.7. The number of hydrogen-bond acceptors (Lipinski definition) is 5. The molecule has 1 atom stereocenters. The molecule has 5 N–H and O–H groups in total. The van der Waals surface area contributed by atoms with Crippen molar-refractivity contribution in [2.75, 3.05) is 38.6 Å². The molecule has 2 aromatic carbocycles. The van der Waals surface area contributed by atoms with Gasteiger partial charge in [0.15, 0.2) is 5.96 Å². The molecule has 3 rings (SSSR count). The standard InChI is InChI=1S/C25H38N6O3S/c1-30(2)22-14-8-12-20-19(22)11-9-15-23(20)35(33,34)29-21(13-10-16-28-25(26)27)24(32)31-17-6-4-3-5-7-18-31/h8-9,11-12,14-15,21,29H,3-7,10,13,16-18H2,1-2H3,(H4,26,27,28). The maximum absolute atomic E-state index is 13.6. The Balaban J connectivity index is 1.91. The highest BCUT2D eigenvalue weighted by molar-refractivity contribution is 7.89. The van der Waals surface area contributed by atoms with Crippen LogP contribution in [0.3, 0.4) is 0 Å². The van der Waals surface area contributed by atoms with Gasteiger partial charge < -0.3 is 21.3 Å². The number of fused-ring (bicyclic) bond motifs is 1. The fourth-order valence-corrected chi connectivity index (χ4v) is 6.01. The van der Waals surface area contributed by atoms with Gasteiger partial charge in [-0.1, -0.05) is 43.5 Å². The smallest absolute Gasteiger partial charge is 0.241 e. The molecule has 192 valence electrons. The molecule has 1 amide bonds. The second-order valence-electron chi connectivity index (χ2n) is 9.24. The number of nitrogens with one attached hydrogen (secondary N) is 1. The van der Waals surface area contributed by atoms with Gasteiger partial charge in [0, 0.05) is 50.2 Å². The minimum Gasteiger partial charge on any atom is -0.377 e. The van der Waals surface area contributed by atoms with Gasteiger partial charge in [-0.05, 0) is 37.8 Å². The van der Waals surface area contributed by atoms with Gasteiger partial charge in [0.25, 0.3) is 0 Å². The lowest BCUT2D eigenvalue weighted by Gasteiger charge is -2.29. The van der Waals surface area contributed by atoms with Crippen molar-refractivity contribution in [3.8, 4) is 0 Å². The average Bonchev–Trinajstić information content (AvgIpc) is 2.79. The fraction of sp³-hybridized carbons (Fsp3) is 0.520. The lowest BCUT2D eigenvalue weighted by Crippen LogP contribution is -2.49. The predicted octanol–water partition coefficient (Wildman–Crippen LogP) is 2.40. The van der Waals surface area contributed by atoms with E-state index < -0.39 is 16.1 Å². The molecule has 9 nitrogen and oxygen atoms in total. The first-order chi connectivity index (χ1) is 16.7. The SMILES string of the molecule is CN(C)c1cccc2c(S(=O)(=O)NC(CCCN=C(N)N)C(=O)N3CCCCCCC3)cccc12. The number of nitrogens with zero attached hydrogens (tertiary/aromatic N) is 3. The summed E-state index contributed by atoms with van der Waals surface area (Å²) in [6, 6.07) is 9.92. The van der Waals surface area contributed by atoms with Crippen LogP contribution in [0.5, 0.6) is 0 Å². The third-order valence-corrected chi connectivity index (χ3v) is 7.87. The molecular formula is C25H38N6O3S. The van der Waals surface area contributed by atoms with Crippen molar-refractivity contribution < 1.29 is 13.2 Å². The van der Waals surface area contributed by atoms with Crippen LogP contribution in [0.1, 0.15) is 44.9 Å². The van der Waals surface area contributed by atoms with E-state index in [1.165, 1.54) is 6.42 Å². The van der Waals surface area contributed by atoms with Crippen LogP contribution in [-0.4, -0.2) is 65.0 Å². The number of carbonyl (C=O) groups excluding carboxylic acids is 1. The predicted molar refractivity (Wildman–Crippen MR) is 142 cm³/mol. The number of hydrogen-bond donors (Lipinski definition) is 3. The van der Waals surface area contributed by atoms with Gasteiger partial charge in [-0.15, -0.1) is 0 Å². The zero-order valence-corrected chi connectivity index (χ0v) is 21.6. The number of aliphatic imine (C=N–C) groups is 1. The molecule has 1 aliphatic rings. The first-order valence-electron chi connectivity index (χ1n) is 12.3. The van der Waals surface area contributed by atoms with Crippen LogP contribution in [0.2, 0.25) is 0 Å². The van der Waals surface area contributed by atoms with E-state index in [1.807, 2.05) is 37.2 Å². The number of benzene rings is 2. The number of carbonyl (C=O) groups is 1. The molecule has 0 bridgehead atoms. The molecule has 1 heterocycles. The van der Waals surface area contributed by atoms with Crippen molar-refractivity contribution in [1.29, 1.82) is 0 Å². The Morgan fingerprint density at radius 3 is 2.31 bits per heavy atom. The van der Waals surface area contributed by atoms with Crippen molar-refractivity contribution in [3.63, 3.8) is 0 Å². The third kappa shape index (κ3) is 7.08. The molecule has 0 aromatic heterocycles. The third-order valence-electron chi connectivity index (χ3n) is 6.34. The summed E-state index contributed by atoms with van der Waals surface area (Å²) in [5.41, 5.74) is 11.8. The van der Waals surface area contributed by atoms with Crippen LogP contribution >= 0.6 is 0 Å². The molecule has 0 radical (unpaired) electrons. The Bertz CT molecular complexity index is 1140. The van der Waals surface area contributed by atoms with Gasteiger partial charge in [0.2, 0.25) is 15.9 Å². The van der Waals surface area contributed by atoms with Crippen molar-refractivity contribution in [3.05, 3.63) is 36.4 Å². The largest absolute Gasteiger partial charge is 0.377 e. The first kappa shape index (κ1) is 26.7. The Kier molecular flexibility index (Phi) is 9.33. The number of rotatable bonds is 9. The van der Waals surface area contributed by atoms with Gasteiger partial charge in [-0.3, -0.25) is 9.79 Å². The minimum absolute atomic E-state index is 0.0234. The summed E-state index contributed by atoms with van der Waals surface area (Å²) in [7, 11) is -0.144. The maximum atomic E-state index is 13.6. The van der Waals surface area contributed by atoms with Gasteiger partial charge in [-0.2, -0.15) is 4.72 Å². The van der Waals surface area contributed by atoms with E-state index >= 15 is 0 Å². The van der Waals surface area contributed by atoms with Gasteiger partial charge in [0.1, 0.15) is 6.04 Å². The highest BCUT2D eigenvalue weighted by Crippen LogP contribution is 2.30. The second kappa shape index (κ2) is 12.2. The highest BCUT2D eigenvalue weighted by atomic mass is 32.2. The Labute approximate surface area is 208 Å². The molecule has 1 unspecified atom stereocenters. The lowest BCUT2D eigenvalue weighted by atomic mass is 10.1. The van der Waals surface area contributed by atoms with E-state index in [2.05, 4.69) is 9.71 Å². The summed E-state index contributed by atoms with van der Waals surface area (Å²) in [6.07, 6.45) is 5.96. The average molecular weight is 503 g/mol. The maximum Gasteiger partial charge on any atom is 0.241 e. The van der Waals surface area contributed by atoms with Crippen molar-refractivity contribution in [2.45, 2.75) is 55.9 Å². The molecule has 1 saturated heterocycles. The van der Waals surface area contributed by atoms with Gasteiger partial charge in [-0.25, -0.2) is 8.42 Å². The number of sulfonamides is 1. The molecular weight excluding hydrogens is 464 g/mol. The van der Waals surface area contributed by atoms with Crippen molar-refractivity contribution in [1.82, 2.24) is 9.62 Å². The number of amides is 1. The number of nitrogens with two attached hydrogens (primary N) is 2. The quantitative estimate of drug-likeness (QED) is 0.274. The van der Waals surface area contributed by atoms with Gasteiger partial charge in [0.05, 0.1) is 4.90 Å². The summed E-state index contributed by atoms with van der Waals surface area (Å²) in [4.78, 5) is 21.4. The Hall–Kier alpha value is -2.85. The molecule has 0 saturated carbocycles. The molecule has 0 spiro atoms. The molecule has 10 heteroatoms. The number of likely N-dealkylation sites (tertiary alicyclic amines) is 1. The van der Waals surface area contributed by atoms with Crippen LogP contribution in [0.4, 0.5) is 5.69 Å². The topological polar surface area (TPSA) is 134 Å². The van der Waals surface area contributed by atoms with Crippen molar-refractivity contribution >= 4 is 38.3 Å². The van der Waals surface area contributed by atoms with E-state index in [1.54, 1.807) is 23.1 Å². The monoisotopic (exact) mass is 502 g/mol. The Morgan fingerprint density at radius 2 is 1.66 bits per heavy atom. The number of anilines is 1. The lowest BCUT2D eigenvalue weighted by molar-refractivity contribution is -0.133. The normalized spacial score (nSPS) is 15.8. The highest BCUT2D eigenvalue weighted by Gasteiger charge is 2.30. The van der Waals surface area contributed by atoms with Crippen LogP contribution in [0.15, 0.2) is 46.3 Å². The van der Waals surface area contributed by atoms with Crippen LogP contribution < -0.4 is 21.1 Å². The summed E-state index contributed by atoms with van der Waals surface area (Å²) in [5.74, 6) is -0.209.